The van der Waals surface area contributed by atoms with Gasteiger partial charge in [-0.15, -0.1) is 0 Å². The summed E-state index contributed by atoms with van der Waals surface area (Å²) in [6, 6.07) is 3.64. The van der Waals surface area contributed by atoms with Crippen molar-refractivity contribution in [2.45, 2.75) is 4.90 Å². The van der Waals surface area contributed by atoms with E-state index >= 15 is 0 Å². The van der Waals surface area contributed by atoms with Crippen LogP contribution in [0.5, 0.6) is 0 Å². The van der Waals surface area contributed by atoms with E-state index in [9.17, 15) is 13.2 Å². The van der Waals surface area contributed by atoms with E-state index in [2.05, 4.69) is 30.6 Å². The highest BCUT2D eigenvalue weighted by Crippen LogP contribution is 2.25. The van der Waals surface area contributed by atoms with Crippen molar-refractivity contribution in [1.82, 2.24) is 9.97 Å². The number of carbonyl (C=O) groups is 1. The molecule has 1 heterocycles. The Kier molecular flexibility index (Phi) is 4.00. The third kappa shape index (κ3) is 3.11. The Morgan fingerprint density at radius 2 is 1.90 bits per heavy atom. The van der Waals surface area contributed by atoms with Gasteiger partial charge in [-0.2, -0.15) is 0 Å². The number of carboxylic acids is 1. The first kappa shape index (κ1) is 14.4. The Bertz CT molecular complexity index is 750. The summed E-state index contributed by atoms with van der Waals surface area (Å²) in [5.41, 5.74) is 0.195. The first-order chi connectivity index (χ1) is 9.40. The van der Waals surface area contributed by atoms with E-state index < -0.39 is 16.0 Å². The Balaban J connectivity index is 2.37. The second-order valence-corrected chi connectivity index (χ2v) is 6.19. The molecule has 0 bridgehead atoms. The Hall–Kier alpha value is -2.00. The molecule has 1 aromatic carbocycles. The van der Waals surface area contributed by atoms with Gasteiger partial charge in [0, 0.05) is 4.47 Å². The number of nitrogens with one attached hydrogen (secondary N) is 1. The van der Waals surface area contributed by atoms with Crippen LogP contribution < -0.4 is 4.72 Å². The van der Waals surface area contributed by atoms with Gasteiger partial charge in [0.15, 0.2) is 0 Å². The standard InChI is InChI=1S/C11H8BrN3O4S/c12-9-3-7(11(16)17)1-2-10(9)20(18,19)15-8-4-13-6-14-5-8/h1-6,15H,(H,16,17). The molecule has 0 atom stereocenters. The zero-order valence-corrected chi connectivity index (χ0v) is 12.2. The minimum absolute atomic E-state index is 0.0149. The predicted molar refractivity (Wildman–Crippen MR) is 73.9 cm³/mol. The molecule has 0 spiro atoms. The van der Waals surface area contributed by atoms with Crippen LogP contribution in [-0.4, -0.2) is 29.5 Å². The van der Waals surface area contributed by atoms with Crippen LogP contribution in [0.1, 0.15) is 10.4 Å². The minimum atomic E-state index is -3.86. The number of sulfonamides is 1. The number of aromatic nitrogens is 2. The van der Waals surface area contributed by atoms with E-state index in [1.807, 2.05) is 0 Å². The van der Waals surface area contributed by atoms with Gasteiger partial charge >= 0.3 is 5.97 Å². The van der Waals surface area contributed by atoms with Gasteiger partial charge in [-0.25, -0.2) is 23.2 Å². The Labute approximate surface area is 122 Å². The van der Waals surface area contributed by atoms with Crippen molar-refractivity contribution in [2.75, 3.05) is 4.72 Å². The van der Waals surface area contributed by atoms with Crippen LogP contribution in [0, 0.1) is 0 Å². The quantitative estimate of drug-likeness (QED) is 0.862. The number of hydrogen-bond acceptors (Lipinski definition) is 5. The van der Waals surface area contributed by atoms with Crippen molar-refractivity contribution < 1.29 is 18.3 Å². The number of rotatable bonds is 4. The maximum Gasteiger partial charge on any atom is 0.335 e. The van der Waals surface area contributed by atoms with Gasteiger partial charge in [-0.1, -0.05) is 0 Å². The topological polar surface area (TPSA) is 109 Å². The molecule has 1 aromatic heterocycles. The molecule has 0 aliphatic rings. The molecular weight excluding hydrogens is 350 g/mol. The zero-order valence-electron chi connectivity index (χ0n) is 9.82. The number of halogens is 1. The molecule has 20 heavy (non-hydrogen) atoms. The van der Waals surface area contributed by atoms with E-state index in [1.165, 1.54) is 36.9 Å². The smallest absolute Gasteiger partial charge is 0.335 e. The average Bonchev–Trinajstić information content (AvgIpc) is 2.38. The van der Waals surface area contributed by atoms with Crippen molar-refractivity contribution in [1.29, 1.82) is 0 Å². The lowest BCUT2D eigenvalue weighted by Crippen LogP contribution is -2.14. The number of carboxylic acid groups (broad SMARTS) is 1. The van der Waals surface area contributed by atoms with Gasteiger partial charge in [0.05, 0.1) is 23.6 Å². The summed E-state index contributed by atoms with van der Waals surface area (Å²) in [6.07, 6.45) is 3.89. The lowest BCUT2D eigenvalue weighted by Gasteiger charge is -2.09. The SMILES string of the molecule is O=C(O)c1ccc(S(=O)(=O)Nc2cncnc2)c(Br)c1. The Morgan fingerprint density at radius 1 is 1.25 bits per heavy atom. The fraction of sp³-hybridized carbons (Fsp3) is 0. The minimum Gasteiger partial charge on any atom is -0.478 e. The summed E-state index contributed by atoms with van der Waals surface area (Å²) >= 11 is 3.05. The highest BCUT2D eigenvalue weighted by Gasteiger charge is 2.19. The first-order valence-electron chi connectivity index (χ1n) is 5.21. The highest BCUT2D eigenvalue weighted by atomic mass is 79.9. The second-order valence-electron chi connectivity index (χ2n) is 3.68. The van der Waals surface area contributed by atoms with Crippen molar-refractivity contribution in [3.8, 4) is 0 Å². The number of benzene rings is 1. The highest BCUT2D eigenvalue weighted by molar-refractivity contribution is 9.10. The molecular formula is C11H8BrN3O4S. The van der Waals surface area contributed by atoms with E-state index in [0.29, 0.717) is 0 Å². The average molecular weight is 358 g/mol. The van der Waals surface area contributed by atoms with Crippen LogP contribution in [-0.2, 0) is 10.0 Å². The molecule has 0 saturated heterocycles. The van der Waals surface area contributed by atoms with E-state index in [4.69, 9.17) is 5.11 Å². The van der Waals surface area contributed by atoms with E-state index in [0.717, 1.165) is 0 Å². The van der Waals surface area contributed by atoms with Crippen LogP contribution in [0.4, 0.5) is 5.69 Å². The summed E-state index contributed by atoms with van der Waals surface area (Å²) < 4.78 is 26.8. The monoisotopic (exact) mass is 357 g/mol. The maximum atomic E-state index is 12.2. The summed E-state index contributed by atoms with van der Waals surface area (Å²) in [4.78, 5) is 18.1. The largest absolute Gasteiger partial charge is 0.478 e. The summed E-state index contributed by atoms with van der Waals surface area (Å²) in [6.45, 7) is 0. The van der Waals surface area contributed by atoms with E-state index in [-0.39, 0.29) is 20.6 Å². The van der Waals surface area contributed by atoms with Gasteiger partial charge < -0.3 is 5.11 Å². The molecule has 0 amide bonds. The normalized spacial score (nSPS) is 11.1. The molecule has 2 N–H and O–H groups in total. The lowest BCUT2D eigenvalue weighted by atomic mass is 10.2. The predicted octanol–water partition coefficient (Wildman–Crippen LogP) is 1.74. The molecule has 0 unspecified atom stereocenters. The fourth-order valence-electron chi connectivity index (χ4n) is 1.41. The molecule has 0 aliphatic heterocycles. The molecule has 9 heteroatoms. The Morgan fingerprint density at radius 3 is 2.45 bits per heavy atom. The number of aromatic carboxylic acids is 1. The van der Waals surface area contributed by atoms with Crippen LogP contribution in [0.2, 0.25) is 0 Å². The lowest BCUT2D eigenvalue weighted by molar-refractivity contribution is 0.0696. The third-order valence-corrected chi connectivity index (χ3v) is 4.64. The van der Waals surface area contributed by atoms with Crippen LogP contribution in [0.3, 0.4) is 0 Å². The van der Waals surface area contributed by atoms with Gasteiger partial charge in [0.1, 0.15) is 11.2 Å². The zero-order chi connectivity index (χ0) is 14.8. The molecule has 0 fully saturated rings. The maximum absolute atomic E-state index is 12.2. The second kappa shape index (κ2) is 5.55. The van der Waals surface area contributed by atoms with Gasteiger partial charge in [-0.3, -0.25) is 4.72 Å². The number of nitrogens with zero attached hydrogens (tertiary/aromatic N) is 2. The van der Waals surface area contributed by atoms with Gasteiger partial charge in [0.25, 0.3) is 10.0 Å². The molecule has 2 aromatic rings. The molecule has 0 aliphatic carbocycles. The van der Waals surface area contributed by atoms with Crippen molar-refractivity contribution in [3.63, 3.8) is 0 Å². The van der Waals surface area contributed by atoms with Crippen LogP contribution in [0.25, 0.3) is 0 Å². The number of hydrogen-bond donors (Lipinski definition) is 2. The molecule has 0 radical (unpaired) electrons. The fourth-order valence-corrected chi connectivity index (χ4v) is 3.52. The summed E-state index contributed by atoms with van der Waals surface area (Å²) in [5, 5.41) is 8.84. The van der Waals surface area contributed by atoms with Crippen molar-refractivity contribution in [3.05, 3.63) is 47.0 Å². The first-order valence-corrected chi connectivity index (χ1v) is 7.48. The molecule has 7 nitrogen and oxygen atoms in total. The van der Waals surface area contributed by atoms with Crippen LogP contribution >= 0.6 is 15.9 Å². The van der Waals surface area contributed by atoms with Crippen molar-refractivity contribution in [2.24, 2.45) is 0 Å². The number of anilines is 1. The van der Waals surface area contributed by atoms with Gasteiger partial charge in [0.2, 0.25) is 0 Å². The summed E-state index contributed by atoms with van der Waals surface area (Å²) in [5.74, 6) is -1.14. The third-order valence-electron chi connectivity index (χ3n) is 2.28. The van der Waals surface area contributed by atoms with Crippen molar-refractivity contribution >= 4 is 37.6 Å². The van der Waals surface area contributed by atoms with Gasteiger partial charge in [-0.05, 0) is 34.1 Å². The molecule has 104 valence electrons. The molecule has 0 saturated carbocycles. The van der Waals surface area contributed by atoms with Crippen LogP contribution in [0.15, 0.2) is 46.3 Å². The van der Waals surface area contributed by atoms with E-state index in [1.54, 1.807) is 0 Å². The molecule has 2 rings (SSSR count). The summed E-state index contributed by atoms with van der Waals surface area (Å²) in [7, 11) is -3.86.